The average molecular weight is 476 g/mol. The summed E-state index contributed by atoms with van der Waals surface area (Å²) in [4.78, 5) is 11.1. The summed E-state index contributed by atoms with van der Waals surface area (Å²) in [5, 5.41) is 11.4. The summed E-state index contributed by atoms with van der Waals surface area (Å²) in [5.41, 5.74) is 7.73. The van der Waals surface area contributed by atoms with Crippen LogP contribution in [0.1, 0.15) is 29.7 Å². The SMILES string of the molecule is C[C@@H](N)c1cccc(-c2cc(COc3ccccc3CC(=O)O)cc(NCC(F)(F)F)c2)c1F. The summed E-state index contributed by atoms with van der Waals surface area (Å²) in [7, 11) is 0. The number of carboxylic acids is 1. The fourth-order valence-electron chi connectivity index (χ4n) is 3.47. The highest BCUT2D eigenvalue weighted by Crippen LogP contribution is 2.31. The van der Waals surface area contributed by atoms with Gasteiger partial charge < -0.3 is 20.9 Å². The molecule has 3 aromatic carbocycles. The standard InChI is InChI=1S/C25H24F4N2O3/c1-15(30)20-6-4-7-21(24(20)26)18-9-16(10-19(11-18)31-14-25(27,28)29)13-34-22-8-3-2-5-17(22)12-23(32)33/h2-11,15,31H,12-14,30H2,1H3,(H,32,33)/t15-/m1/s1. The van der Waals surface area contributed by atoms with Crippen molar-refractivity contribution in [2.45, 2.75) is 32.2 Å². The third-order valence-electron chi connectivity index (χ3n) is 5.02. The minimum absolute atomic E-state index is 0.0697. The maximum atomic E-state index is 15.1. The van der Waals surface area contributed by atoms with Crippen molar-refractivity contribution in [1.82, 2.24) is 0 Å². The molecule has 34 heavy (non-hydrogen) atoms. The van der Waals surface area contributed by atoms with Gasteiger partial charge in [0.1, 0.15) is 24.7 Å². The number of rotatable bonds is 9. The van der Waals surface area contributed by atoms with Gasteiger partial charge in [0.2, 0.25) is 0 Å². The second kappa shape index (κ2) is 10.6. The summed E-state index contributed by atoms with van der Waals surface area (Å²) < 4.78 is 59.2. The van der Waals surface area contributed by atoms with Crippen molar-refractivity contribution in [3.63, 3.8) is 0 Å². The normalized spacial score (nSPS) is 12.3. The molecule has 3 aromatic rings. The Labute approximate surface area is 194 Å². The highest BCUT2D eigenvalue weighted by Gasteiger charge is 2.26. The maximum Gasteiger partial charge on any atom is 0.405 e. The van der Waals surface area contributed by atoms with Crippen LogP contribution < -0.4 is 15.8 Å². The van der Waals surface area contributed by atoms with Gasteiger partial charge >= 0.3 is 12.1 Å². The Morgan fingerprint density at radius 1 is 1.12 bits per heavy atom. The molecule has 5 nitrogen and oxygen atoms in total. The average Bonchev–Trinajstić information content (AvgIpc) is 2.76. The molecule has 0 saturated heterocycles. The second-order valence-electron chi connectivity index (χ2n) is 7.85. The van der Waals surface area contributed by atoms with Crippen molar-refractivity contribution in [3.8, 4) is 16.9 Å². The quantitative estimate of drug-likeness (QED) is 0.346. The van der Waals surface area contributed by atoms with Crippen molar-refractivity contribution < 1.29 is 32.2 Å². The highest BCUT2D eigenvalue weighted by atomic mass is 19.4. The molecule has 0 aromatic heterocycles. The van der Waals surface area contributed by atoms with Gasteiger partial charge in [-0.1, -0.05) is 36.4 Å². The number of halogens is 4. The first-order chi connectivity index (χ1) is 16.0. The molecule has 0 radical (unpaired) electrons. The third-order valence-corrected chi connectivity index (χ3v) is 5.02. The lowest BCUT2D eigenvalue weighted by Crippen LogP contribution is -2.21. The summed E-state index contributed by atoms with van der Waals surface area (Å²) in [6, 6.07) is 15.2. The van der Waals surface area contributed by atoms with Crippen LogP contribution >= 0.6 is 0 Å². The summed E-state index contributed by atoms with van der Waals surface area (Å²) >= 11 is 0. The van der Waals surface area contributed by atoms with Crippen LogP contribution in [0.25, 0.3) is 11.1 Å². The molecular formula is C25H24F4N2O3. The lowest BCUT2D eigenvalue weighted by molar-refractivity contribution is -0.136. The van der Waals surface area contributed by atoms with Crippen molar-refractivity contribution in [2.24, 2.45) is 5.73 Å². The number of hydrogen-bond donors (Lipinski definition) is 3. The number of anilines is 1. The van der Waals surface area contributed by atoms with Gasteiger partial charge in [0.15, 0.2) is 0 Å². The van der Waals surface area contributed by atoms with Crippen LogP contribution in [0, 0.1) is 5.82 Å². The van der Waals surface area contributed by atoms with Crippen molar-refractivity contribution >= 4 is 11.7 Å². The van der Waals surface area contributed by atoms with Crippen molar-refractivity contribution in [1.29, 1.82) is 0 Å². The zero-order valence-electron chi connectivity index (χ0n) is 18.3. The fraction of sp³-hybridized carbons (Fsp3) is 0.240. The predicted octanol–water partition coefficient (Wildman–Crippen LogP) is 5.69. The number of carboxylic acid groups (broad SMARTS) is 1. The molecule has 0 unspecified atom stereocenters. The predicted molar refractivity (Wildman–Crippen MR) is 121 cm³/mol. The van der Waals surface area contributed by atoms with Crippen LogP contribution in [0.15, 0.2) is 60.7 Å². The maximum absolute atomic E-state index is 15.1. The van der Waals surface area contributed by atoms with Crippen molar-refractivity contribution in [3.05, 3.63) is 83.2 Å². The Hall–Kier alpha value is -3.59. The first kappa shape index (κ1) is 25.0. The van der Waals surface area contributed by atoms with E-state index in [1.165, 1.54) is 18.2 Å². The van der Waals surface area contributed by atoms with E-state index in [1.54, 1.807) is 49.4 Å². The van der Waals surface area contributed by atoms with E-state index >= 15 is 4.39 Å². The van der Waals surface area contributed by atoms with E-state index in [0.717, 1.165) is 0 Å². The van der Waals surface area contributed by atoms with Gasteiger partial charge in [0.05, 0.1) is 6.42 Å². The number of hydrogen-bond acceptors (Lipinski definition) is 4. The molecule has 4 N–H and O–H groups in total. The molecule has 0 spiro atoms. The van der Waals surface area contributed by atoms with Crippen LogP contribution in [0.4, 0.5) is 23.2 Å². The molecule has 0 fully saturated rings. The molecule has 3 rings (SSSR count). The van der Waals surface area contributed by atoms with Gasteiger partial charge in [-0.3, -0.25) is 4.79 Å². The number of carbonyl (C=O) groups is 1. The molecule has 9 heteroatoms. The molecule has 0 aliphatic heterocycles. The Balaban J connectivity index is 1.96. The van der Waals surface area contributed by atoms with E-state index in [4.69, 9.17) is 15.6 Å². The van der Waals surface area contributed by atoms with E-state index in [1.807, 2.05) is 0 Å². The van der Waals surface area contributed by atoms with E-state index in [0.29, 0.717) is 22.4 Å². The minimum atomic E-state index is -4.44. The first-order valence-corrected chi connectivity index (χ1v) is 10.4. The topological polar surface area (TPSA) is 84.6 Å². The van der Waals surface area contributed by atoms with Gasteiger partial charge in [-0.25, -0.2) is 4.39 Å². The van der Waals surface area contributed by atoms with E-state index in [-0.39, 0.29) is 29.8 Å². The number of nitrogens with two attached hydrogens (primary N) is 1. The molecular weight excluding hydrogens is 452 g/mol. The van der Waals surface area contributed by atoms with Gasteiger partial charge in [0.25, 0.3) is 0 Å². The van der Waals surface area contributed by atoms with Crippen LogP contribution in [-0.2, 0) is 17.8 Å². The second-order valence-corrected chi connectivity index (χ2v) is 7.85. The van der Waals surface area contributed by atoms with Gasteiger partial charge in [-0.05, 0) is 42.3 Å². The first-order valence-electron chi connectivity index (χ1n) is 10.4. The number of para-hydroxylation sites is 1. The van der Waals surface area contributed by atoms with Crippen LogP contribution in [-0.4, -0.2) is 23.8 Å². The number of aliphatic carboxylic acids is 1. The zero-order chi connectivity index (χ0) is 24.9. The lowest BCUT2D eigenvalue weighted by Gasteiger charge is -2.16. The smallest absolute Gasteiger partial charge is 0.405 e. The number of benzene rings is 3. The van der Waals surface area contributed by atoms with Gasteiger partial charge in [0, 0.05) is 28.4 Å². The Morgan fingerprint density at radius 3 is 2.53 bits per heavy atom. The van der Waals surface area contributed by atoms with E-state index in [2.05, 4.69) is 5.32 Å². The highest BCUT2D eigenvalue weighted by molar-refractivity contribution is 5.72. The molecule has 0 bridgehead atoms. The fourth-order valence-corrected chi connectivity index (χ4v) is 3.47. The number of nitrogens with one attached hydrogen (secondary N) is 1. The Bertz CT molecular complexity index is 1160. The molecule has 0 amide bonds. The largest absolute Gasteiger partial charge is 0.489 e. The molecule has 0 aliphatic carbocycles. The van der Waals surface area contributed by atoms with Crippen LogP contribution in [0.3, 0.4) is 0 Å². The molecule has 0 heterocycles. The van der Waals surface area contributed by atoms with Crippen LogP contribution in [0.2, 0.25) is 0 Å². The number of alkyl halides is 3. The number of ether oxygens (including phenoxy) is 1. The lowest BCUT2D eigenvalue weighted by atomic mass is 9.97. The molecule has 180 valence electrons. The van der Waals surface area contributed by atoms with Crippen LogP contribution in [0.5, 0.6) is 5.75 Å². The van der Waals surface area contributed by atoms with Crippen molar-refractivity contribution in [2.75, 3.05) is 11.9 Å². The van der Waals surface area contributed by atoms with Gasteiger partial charge in [-0.15, -0.1) is 0 Å². The monoisotopic (exact) mass is 476 g/mol. The summed E-state index contributed by atoms with van der Waals surface area (Å²) in [6.45, 7) is 0.303. The van der Waals surface area contributed by atoms with Gasteiger partial charge in [-0.2, -0.15) is 13.2 Å². The zero-order valence-corrected chi connectivity index (χ0v) is 18.3. The summed E-state index contributed by atoms with van der Waals surface area (Å²) in [5.74, 6) is -1.24. The Kier molecular flexibility index (Phi) is 7.78. The third kappa shape index (κ3) is 6.71. The minimum Gasteiger partial charge on any atom is -0.489 e. The van der Waals surface area contributed by atoms with E-state index in [9.17, 15) is 18.0 Å². The molecule has 0 aliphatic rings. The Morgan fingerprint density at radius 2 is 1.85 bits per heavy atom. The molecule has 0 saturated carbocycles. The molecule has 1 atom stereocenters. The van der Waals surface area contributed by atoms with E-state index < -0.39 is 30.5 Å². The summed E-state index contributed by atoms with van der Waals surface area (Å²) in [6.07, 6.45) is -4.69.